The molecule has 9 nitrogen and oxygen atoms in total. The second kappa shape index (κ2) is 9.72. The van der Waals surface area contributed by atoms with Gasteiger partial charge in [0.05, 0.1) is 24.1 Å². The fourth-order valence-electron chi connectivity index (χ4n) is 3.09. The molecule has 33 heavy (non-hydrogen) atoms. The molecule has 0 bridgehead atoms. The van der Waals surface area contributed by atoms with Crippen molar-refractivity contribution in [3.05, 3.63) is 59.5 Å². The molecule has 1 aromatic heterocycles. The number of ether oxygens (including phenoxy) is 1. The maximum Gasteiger partial charge on any atom is 0.255 e. The number of carbonyl (C=O) groups excluding carboxylic acids is 1. The lowest BCUT2D eigenvalue weighted by Crippen LogP contribution is -2.26. The first-order valence-electron chi connectivity index (χ1n) is 10.4. The Balaban J connectivity index is 1.74. The van der Waals surface area contributed by atoms with Gasteiger partial charge in [0.1, 0.15) is 5.75 Å². The van der Waals surface area contributed by atoms with Crippen molar-refractivity contribution >= 4 is 15.9 Å². The largest absolute Gasteiger partial charge is 0.496 e. The standard InChI is InChI=1S/C23H28N4O5S/c1-6-24-22(28)18-13-17(11-12-19(18)31-5)33(29,30)25-14-20-26-21(27-32-20)15-7-9-16(10-8-15)23(2,3)4/h7-13,25H,6,14H2,1-5H3,(H,24,28). The van der Waals surface area contributed by atoms with Gasteiger partial charge < -0.3 is 14.6 Å². The maximum absolute atomic E-state index is 12.8. The van der Waals surface area contributed by atoms with Gasteiger partial charge in [0, 0.05) is 12.1 Å². The van der Waals surface area contributed by atoms with E-state index in [1.165, 1.54) is 30.9 Å². The van der Waals surface area contributed by atoms with E-state index >= 15 is 0 Å². The van der Waals surface area contributed by atoms with Crippen molar-refractivity contribution in [2.45, 2.75) is 44.6 Å². The van der Waals surface area contributed by atoms with Crippen LogP contribution >= 0.6 is 0 Å². The molecule has 3 rings (SSSR count). The third-order valence-electron chi connectivity index (χ3n) is 4.95. The van der Waals surface area contributed by atoms with Crippen molar-refractivity contribution in [2.75, 3.05) is 13.7 Å². The Morgan fingerprint density at radius 1 is 1.12 bits per heavy atom. The molecule has 1 amide bonds. The van der Waals surface area contributed by atoms with E-state index in [0.29, 0.717) is 12.4 Å². The predicted molar refractivity (Wildman–Crippen MR) is 123 cm³/mol. The number of sulfonamides is 1. The van der Waals surface area contributed by atoms with Crippen molar-refractivity contribution in [3.63, 3.8) is 0 Å². The Morgan fingerprint density at radius 2 is 1.82 bits per heavy atom. The number of nitrogens with zero attached hydrogens (tertiary/aromatic N) is 2. The van der Waals surface area contributed by atoms with E-state index in [4.69, 9.17) is 9.26 Å². The van der Waals surface area contributed by atoms with Crippen LogP contribution in [0, 0.1) is 0 Å². The summed E-state index contributed by atoms with van der Waals surface area (Å²) in [6, 6.07) is 11.9. The fourth-order valence-corrected chi connectivity index (χ4v) is 4.09. The van der Waals surface area contributed by atoms with Crippen LogP contribution in [-0.2, 0) is 22.0 Å². The minimum Gasteiger partial charge on any atom is -0.496 e. The maximum atomic E-state index is 12.8. The van der Waals surface area contributed by atoms with Gasteiger partial charge in [-0.2, -0.15) is 4.98 Å². The lowest BCUT2D eigenvalue weighted by atomic mass is 9.87. The van der Waals surface area contributed by atoms with Gasteiger partial charge in [-0.1, -0.05) is 50.2 Å². The number of benzene rings is 2. The number of hydrogen-bond donors (Lipinski definition) is 2. The number of rotatable bonds is 8. The van der Waals surface area contributed by atoms with Gasteiger partial charge in [0.2, 0.25) is 21.7 Å². The monoisotopic (exact) mass is 472 g/mol. The molecular weight excluding hydrogens is 444 g/mol. The zero-order chi connectivity index (χ0) is 24.2. The number of aromatic nitrogens is 2. The summed E-state index contributed by atoms with van der Waals surface area (Å²) >= 11 is 0. The molecule has 0 saturated carbocycles. The van der Waals surface area contributed by atoms with E-state index in [1.54, 1.807) is 6.92 Å². The summed E-state index contributed by atoms with van der Waals surface area (Å²) in [4.78, 5) is 16.5. The van der Waals surface area contributed by atoms with Crippen LogP contribution in [0.5, 0.6) is 5.75 Å². The van der Waals surface area contributed by atoms with E-state index in [1.807, 2.05) is 24.3 Å². The van der Waals surface area contributed by atoms with Gasteiger partial charge in [-0.15, -0.1) is 0 Å². The molecule has 0 spiro atoms. The molecule has 2 N–H and O–H groups in total. The Morgan fingerprint density at radius 3 is 2.42 bits per heavy atom. The fraction of sp³-hybridized carbons (Fsp3) is 0.348. The highest BCUT2D eigenvalue weighted by atomic mass is 32.2. The highest BCUT2D eigenvalue weighted by molar-refractivity contribution is 7.89. The highest BCUT2D eigenvalue weighted by Gasteiger charge is 2.21. The number of hydrogen-bond acceptors (Lipinski definition) is 7. The van der Waals surface area contributed by atoms with Crippen LogP contribution in [0.2, 0.25) is 0 Å². The van der Waals surface area contributed by atoms with Crippen LogP contribution in [-0.4, -0.2) is 38.1 Å². The second-order valence-corrected chi connectivity index (χ2v) is 10.2. The van der Waals surface area contributed by atoms with Crippen molar-refractivity contribution in [3.8, 4) is 17.1 Å². The summed E-state index contributed by atoms with van der Waals surface area (Å²) in [5, 5.41) is 6.58. The van der Waals surface area contributed by atoms with Crippen molar-refractivity contribution in [2.24, 2.45) is 0 Å². The smallest absolute Gasteiger partial charge is 0.255 e. The molecule has 0 saturated heterocycles. The predicted octanol–water partition coefficient (Wildman–Crippen LogP) is 3.27. The van der Waals surface area contributed by atoms with E-state index < -0.39 is 15.9 Å². The van der Waals surface area contributed by atoms with Crippen LogP contribution in [0.1, 0.15) is 49.5 Å². The Kier molecular flexibility index (Phi) is 7.19. The van der Waals surface area contributed by atoms with Gasteiger partial charge in [-0.05, 0) is 36.1 Å². The second-order valence-electron chi connectivity index (χ2n) is 8.39. The zero-order valence-corrected chi connectivity index (χ0v) is 20.1. The minimum atomic E-state index is -3.95. The molecule has 10 heteroatoms. The van der Waals surface area contributed by atoms with Crippen molar-refractivity contribution in [1.82, 2.24) is 20.2 Å². The van der Waals surface area contributed by atoms with Gasteiger partial charge in [-0.3, -0.25) is 4.79 Å². The molecule has 3 aromatic rings. The molecule has 1 heterocycles. The SMILES string of the molecule is CCNC(=O)c1cc(S(=O)(=O)NCc2nc(-c3ccc(C(C)(C)C)cc3)no2)ccc1OC. The normalized spacial score (nSPS) is 11.9. The summed E-state index contributed by atoms with van der Waals surface area (Å²) in [6.45, 7) is 8.35. The molecular formula is C23H28N4O5S. The van der Waals surface area contributed by atoms with Gasteiger partial charge in [0.15, 0.2) is 0 Å². The minimum absolute atomic E-state index is 0.0256. The summed E-state index contributed by atoms with van der Waals surface area (Å²) in [5.41, 5.74) is 2.09. The highest BCUT2D eigenvalue weighted by Crippen LogP contribution is 2.25. The molecule has 0 aliphatic heterocycles. The quantitative estimate of drug-likeness (QED) is 0.516. The summed E-state index contributed by atoms with van der Waals surface area (Å²) in [5.74, 6) is 0.336. The number of nitrogens with one attached hydrogen (secondary N) is 2. The third-order valence-corrected chi connectivity index (χ3v) is 6.35. The summed E-state index contributed by atoms with van der Waals surface area (Å²) in [6.07, 6.45) is 0. The van der Waals surface area contributed by atoms with Gasteiger partial charge in [-0.25, -0.2) is 13.1 Å². The lowest BCUT2D eigenvalue weighted by molar-refractivity contribution is 0.0952. The van der Waals surface area contributed by atoms with Crippen LogP contribution in [0.15, 0.2) is 51.9 Å². The Bertz CT molecular complexity index is 1230. The van der Waals surface area contributed by atoms with Crippen LogP contribution < -0.4 is 14.8 Å². The number of amides is 1. The van der Waals surface area contributed by atoms with Crippen LogP contribution in [0.4, 0.5) is 0 Å². The zero-order valence-electron chi connectivity index (χ0n) is 19.3. The Labute approximate surface area is 193 Å². The van der Waals surface area contributed by atoms with Crippen LogP contribution in [0.25, 0.3) is 11.4 Å². The first-order chi connectivity index (χ1) is 15.5. The number of carbonyl (C=O) groups is 1. The average Bonchev–Trinajstić information content (AvgIpc) is 3.26. The van der Waals surface area contributed by atoms with E-state index in [2.05, 4.69) is 41.0 Å². The van der Waals surface area contributed by atoms with Crippen molar-refractivity contribution in [1.29, 1.82) is 0 Å². The Hall–Kier alpha value is -3.24. The molecule has 0 radical (unpaired) electrons. The first kappa shape index (κ1) is 24.4. The molecule has 0 aliphatic rings. The summed E-state index contributed by atoms with van der Waals surface area (Å²) < 4.78 is 38.3. The summed E-state index contributed by atoms with van der Waals surface area (Å²) in [7, 11) is -2.53. The van der Waals surface area contributed by atoms with E-state index in [-0.39, 0.29) is 34.1 Å². The lowest BCUT2D eigenvalue weighted by Gasteiger charge is -2.18. The first-order valence-corrected chi connectivity index (χ1v) is 11.9. The number of methoxy groups -OCH3 is 1. The topological polar surface area (TPSA) is 123 Å². The molecule has 2 aromatic carbocycles. The van der Waals surface area contributed by atoms with E-state index in [9.17, 15) is 13.2 Å². The third kappa shape index (κ3) is 5.77. The molecule has 0 aliphatic carbocycles. The van der Waals surface area contributed by atoms with Gasteiger partial charge >= 0.3 is 0 Å². The molecule has 0 unspecified atom stereocenters. The van der Waals surface area contributed by atoms with Gasteiger partial charge in [0.25, 0.3) is 5.91 Å². The molecule has 0 fully saturated rings. The molecule has 0 atom stereocenters. The van der Waals surface area contributed by atoms with E-state index in [0.717, 1.165) is 5.56 Å². The average molecular weight is 473 g/mol. The molecule has 176 valence electrons. The van der Waals surface area contributed by atoms with Crippen molar-refractivity contribution < 1.29 is 22.5 Å². The van der Waals surface area contributed by atoms with Crippen LogP contribution in [0.3, 0.4) is 0 Å².